The highest BCUT2D eigenvalue weighted by atomic mass is 19.1. The number of rotatable bonds is 9. The van der Waals surface area contributed by atoms with Gasteiger partial charge in [0.05, 0.1) is 0 Å². The molecule has 2 amide bonds. The summed E-state index contributed by atoms with van der Waals surface area (Å²) in [6, 6.07) is 14.9. The highest BCUT2D eigenvalue weighted by Gasteiger charge is 2.25. The van der Waals surface area contributed by atoms with Crippen LogP contribution < -0.4 is 4.90 Å². The quantitative estimate of drug-likeness (QED) is 0.562. The molecule has 1 saturated heterocycles. The van der Waals surface area contributed by atoms with Crippen LogP contribution in [0.1, 0.15) is 36.5 Å². The van der Waals surface area contributed by atoms with E-state index in [2.05, 4.69) is 4.90 Å². The normalized spacial score (nSPS) is 14.2. The molecular formula is C25H30FN3O3. The van der Waals surface area contributed by atoms with E-state index in [1.54, 1.807) is 16.7 Å². The van der Waals surface area contributed by atoms with E-state index in [4.69, 9.17) is 0 Å². The average Bonchev–Trinajstić information content (AvgIpc) is 2.83. The van der Waals surface area contributed by atoms with E-state index in [1.165, 1.54) is 24.3 Å². The van der Waals surface area contributed by atoms with Crippen molar-refractivity contribution in [3.63, 3.8) is 0 Å². The lowest BCUT2D eigenvalue weighted by Gasteiger charge is -2.35. The molecule has 0 radical (unpaired) electrons. The fourth-order valence-corrected chi connectivity index (χ4v) is 3.82. The minimum atomic E-state index is -0.347. The number of hydrogen-bond acceptors (Lipinski definition) is 4. The number of nitrogens with zero attached hydrogens (tertiary/aromatic N) is 3. The first-order valence-corrected chi connectivity index (χ1v) is 11.1. The Labute approximate surface area is 188 Å². The van der Waals surface area contributed by atoms with Gasteiger partial charge in [0.1, 0.15) is 12.4 Å². The van der Waals surface area contributed by atoms with Crippen LogP contribution in [-0.2, 0) is 9.59 Å². The van der Waals surface area contributed by atoms with Crippen molar-refractivity contribution in [2.75, 3.05) is 44.2 Å². The maximum Gasteiger partial charge on any atom is 0.242 e. The van der Waals surface area contributed by atoms with Crippen LogP contribution in [0.25, 0.3) is 0 Å². The Morgan fingerprint density at radius 3 is 2.22 bits per heavy atom. The summed E-state index contributed by atoms with van der Waals surface area (Å²) >= 11 is 0. The summed E-state index contributed by atoms with van der Waals surface area (Å²) in [5.74, 6) is -0.462. The number of anilines is 1. The van der Waals surface area contributed by atoms with Crippen LogP contribution in [0, 0.1) is 5.82 Å². The Bertz CT molecular complexity index is 910. The number of halogens is 1. The van der Waals surface area contributed by atoms with Crippen LogP contribution in [0.3, 0.4) is 0 Å². The van der Waals surface area contributed by atoms with Crippen LogP contribution in [-0.4, -0.2) is 66.7 Å². The molecule has 0 spiro atoms. The van der Waals surface area contributed by atoms with Gasteiger partial charge in [-0.2, -0.15) is 0 Å². The molecule has 7 heteroatoms. The molecule has 3 rings (SSSR count). The fourth-order valence-electron chi connectivity index (χ4n) is 3.82. The van der Waals surface area contributed by atoms with Crippen LogP contribution in [0.4, 0.5) is 10.1 Å². The molecule has 0 bridgehead atoms. The van der Waals surface area contributed by atoms with Gasteiger partial charge in [-0.1, -0.05) is 25.1 Å². The van der Waals surface area contributed by atoms with Gasteiger partial charge in [0.15, 0.2) is 5.78 Å². The molecule has 6 nitrogen and oxygen atoms in total. The number of benzene rings is 2. The van der Waals surface area contributed by atoms with Crippen LogP contribution >= 0.6 is 0 Å². The third kappa shape index (κ3) is 6.47. The first-order chi connectivity index (χ1) is 15.5. The number of piperazine rings is 1. The molecule has 0 saturated carbocycles. The summed E-state index contributed by atoms with van der Waals surface area (Å²) in [4.78, 5) is 43.0. The van der Waals surface area contributed by atoms with Crippen molar-refractivity contribution in [1.82, 2.24) is 9.80 Å². The van der Waals surface area contributed by atoms with Gasteiger partial charge in [-0.15, -0.1) is 0 Å². The number of carbonyl (C=O) groups is 3. The molecule has 0 N–H and O–H groups in total. The molecule has 1 fully saturated rings. The lowest BCUT2D eigenvalue weighted by molar-refractivity contribution is -0.133. The van der Waals surface area contributed by atoms with Crippen molar-refractivity contribution in [2.24, 2.45) is 0 Å². The van der Waals surface area contributed by atoms with Gasteiger partial charge >= 0.3 is 0 Å². The van der Waals surface area contributed by atoms with Gasteiger partial charge in [0.25, 0.3) is 0 Å². The zero-order valence-corrected chi connectivity index (χ0v) is 18.5. The Kier molecular flexibility index (Phi) is 8.50. The summed E-state index contributed by atoms with van der Waals surface area (Å²) < 4.78 is 13.0. The third-order valence-corrected chi connectivity index (χ3v) is 5.73. The van der Waals surface area contributed by atoms with E-state index in [1.807, 2.05) is 30.3 Å². The highest BCUT2D eigenvalue weighted by molar-refractivity contribution is 5.98. The number of para-hydroxylation sites is 1. The monoisotopic (exact) mass is 439 g/mol. The molecule has 0 unspecified atom stereocenters. The second-order valence-electron chi connectivity index (χ2n) is 7.93. The van der Waals surface area contributed by atoms with E-state index in [9.17, 15) is 18.8 Å². The predicted molar refractivity (Wildman–Crippen MR) is 122 cm³/mol. The van der Waals surface area contributed by atoms with Crippen molar-refractivity contribution < 1.29 is 18.8 Å². The molecular weight excluding hydrogens is 409 g/mol. The summed E-state index contributed by atoms with van der Waals surface area (Å²) in [7, 11) is 0. The lowest BCUT2D eigenvalue weighted by atomic mass is 10.1. The highest BCUT2D eigenvalue weighted by Crippen LogP contribution is 2.16. The molecule has 0 aliphatic carbocycles. The van der Waals surface area contributed by atoms with Crippen LogP contribution in [0.15, 0.2) is 54.6 Å². The van der Waals surface area contributed by atoms with Gasteiger partial charge in [-0.05, 0) is 49.4 Å². The van der Waals surface area contributed by atoms with E-state index in [0.717, 1.165) is 31.7 Å². The first kappa shape index (κ1) is 23.6. The largest absolute Gasteiger partial charge is 0.339 e. The predicted octanol–water partition coefficient (Wildman–Crippen LogP) is 3.38. The zero-order valence-electron chi connectivity index (χ0n) is 18.5. The standard InChI is InChI=1S/C25H30FN3O3/c1-2-24(31)29(22-7-4-3-5-8-22)19-25(32)28-17-15-27(16-18-28)14-6-9-23(30)20-10-12-21(26)13-11-20/h3-5,7-8,10-13H,2,6,9,14-19H2,1H3. The minimum Gasteiger partial charge on any atom is -0.339 e. The Morgan fingerprint density at radius 2 is 1.59 bits per heavy atom. The van der Waals surface area contributed by atoms with Gasteiger partial charge in [0, 0.05) is 50.3 Å². The van der Waals surface area contributed by atoms with E-state index in [-0.39, 0.29) is 30.0 Å². The Hall–Kier alpha value is -3.06. The molecule has 2 aromatic rings. The molecule has 170 valence electrons. The summed E-state index contributed by atoms with van der Waals surface area (Å²) in [6.07, 6.45) is 1.47. The molecule has 1 aliphatic heterocycles. The second kappa shape index (κ2) is 11.5. The molecule has 0 aromatic heterocycles. The van der Waals surface area contributed by atoms with Crippen molar-refractivity contribution in [1.29, 1.82) is 0 Å². The SMILES string of the molecule is CCC(=O)N(CC(=O)N1CCN(CCCC(=O)c2ccc(F)cc2)CC1)c1ccccc1. The van der Waals surface area contributed by atoms with Crippen molar-refractivity contribution in [2.45, 2.75) is 26.2 Å². The van der Waals surface area contributed by atoms with Gasteiger partial charge < -0.3 is 9.80 Å². The van der Waals surface area contributed by atoms with Gasteiger partial charge in [-0.25, -0.2) is 4.39 Å². The number of carbonyl (C=O) groups excluding carboxylic acids is 3. The minimum absolute atomic E-state index is 0.0143. The number of hydrogen-bond donors (Lipinski definition) is 0. The lowest BCUT2D eigenvalue weighted by Crippen LogP contribution is -2.52. The topological polar surface area (TPSA) is 60.9 Å². The smallest absolute Gasteiger partial charge is 0.242 e. The van der Waals surface area contributed by atoms with Crippen molar-refractivity contribution >= 4 is 23.3 Å². The molecule has 0 atom stereocenters. The first-order valence-electron chi connectivity index (χ1n) is 11.1. The van der Waals surface area contributed by atoms with Crippen LogP contribution in [0.2, 0.25) is 0 Å². The van der Waals surface area contributed by atoms with Crippen molar-refractivity contribution in [3.05, 3.63) is 66.0 Å². The Balaban J connectivity index is 1.43. The zero-order chi connectivity index (χ0) is 22.9. The third-order valence-electron chi connectivity index (χ3n) is 5.73. The Morgan fingerprint density at radius 1 is 0.938 bits per heavy atom. The van der Waals surface area contributed by atoms with Crippen LogP contribution in [0.5, 0.6) is 0 Å². The van der Waals surface area contributed by atoms with E-state index >= 15 is 0 Å². The molecule has 2 aromatic carbocycles. The number of ketones is 1. The van der Waals surface area contributed by atoms with E-state index in [0.29, 0.717) is 31.5 Å². The van der Waals surface area contributed by atoms with Crippen molar-refractivity contribution in [3.8, 4) is 0 Å². The van der Waals surface area contributed by atoms with E-state index < -0.39 is 0 Å². The van der Waals surface area contributed by atoms with Gasteiger partial charge in [-0.3, -0.25) is 19.3 Å². The summed E-state index contributed by atoms with van der Waals surface area (Å²) in [5, 5.41) is 0. The number of Topliss-reactive ketones (excluding diaryl/α,β-unsaturated/α-hetero) is 1. The molecule has 1 aliphatic rings. The molecule has 1 heterocycles. The maximum atomic E-state index is 13.0. The molecule has 32 heavy (non-hydrogen) atoms. The van der Waals surface area contributed by atoms with Gasteiger partial charge in [0.2, 0.25) is 11.8 Å². The summed E-state index contributed by atoms with van der Waals surface area (Å²) in [5.41, 5.74) is 1.27. The second-order valence-corrected chi connectivity index (χ2v) is 7.93. The fraction of sp³-hybridized carbons (Fsp3) is 0.400. The average molecular weight is 440 g/mol. The maximum absolute atomic E-state index is 13.0. The summed E-state index contributed by atoms with van der Waals surface area (Å²) in [6.45, 7) is 5.30. The number of amides is 2.